The van der Waals surface area contributed by atoms with E-state index in [1.54, 1.807) is 24.3 Å². The molecule has 10 heteroatoms. The van der Waals surface area contributed by atoms with Gasteiger partial charge >= 0.3 is 0 Å². The van der Waals surface area contributed by atoms with E-state index < -0.39 is 20.6 Å². The van der Waals surface area contributed by atoms with Crippen LogP contribution in [0.2, 0.25) is 0 Å². The highest BCUT2D eigenvalue weighted by Crippen LogP contribution is 2.35. The fourth-order valence-corrected chi connectivity index (χ4v) is 8.14. The minimum absolute atomic E-state index is 0.0897. The van der Waals surface area contributed by atoms with E-state index in [0.717, 1.165) is 44.6 Å². The molecule has 0 N–H and O–H groups in total. The van der Waals surface area contributed by atoms with Gasteiger partial charge in [0.2, 0.25) is 10.0 Å². The summed E-state index contributed by atoms with van der Waals surface area (Å²) in [5.41, 5.74) is 0.819. The van der Waals surface area contributed by atoms with Gasteiger partial charge in [-0.3, -0.25) is 9.69 Å². The topological polar surface area (TPSA) is 75.5 Å². The normalized spacial score (nSPS) is 20.4. The Morgan fingerprint density at radius 2 is 1.77 bits per heavy atom. The van der Waals surface area contributed by atoms with E-state index in [-0.39, 0.29) is 12.2 Å². The van der Waals surface area contributed by atoms with E-state index in [9.17, 15) is 17.6 Å². The van der Waals surface area contributed by atoms with Gasteiger partial charge in [0.05, 0.1) is 10.2 Å². The van der Waals surface area contributed by atoms with Crippen molar-refractivity contribution in [2.75, 3.05) is 37.6 Å². The van der Waals surface area contributed by atoms with Crippen LogP contribution in [0.4, 0.5) is 10.2 Å². The summed E-state index contributed by atoms with van der Waals surface area (Å²) in [6, 6.07) is 15.3. The van der Waals surface area contributed by atoms with Crippen molar-refractivity contribution >= 4 is 54.1 Å². The Hall–Kier alpha value is -3.34. The number of carbonyl (C=O) groups excluding carboxylic acids is 1. The van der Waals surface area contributed by atoms with E-state index >= 15 is 0 Å². The molecule has 208 valence electrons. The van der Waals surface area contributed by atoms with E-state index in [4.69, 9.17) is 0 Å². The van der Waals surface area contributed by atoms with Gasteiger partial charge in [0.15, 0.2) is 5.78 Å². The summed E-state index contributed by atoms with van der Waals surface area (Å²) in [5.74, 6) is 0.386. The zero-order chi connectivity index (χ0) is 27.9. The lowest BCUT2D eigenvalue weighted by molar-refractivity contribution is 0.0975. The van der Waals surface area contributed by atoms with Crippen molar-refractivity contribution in [3.05, 3.63) is 84.3 Å². The Labute approximate surface area is 237 Å². The summed E-state index contributed by atoms with van der Waals surface area (Å²) in [4.78, 5) is 18.1. The van der Waals surface area contributed by atoms with Crippen LogP contribution in [0.15, 0.2) is 78.8 Å². The molecule has 2 aromatic carbocycles. The SMILES string of the molecule is CC1(S(=O)(=O)n2cc(C(=O)CCCN3CCN(c4nsc5ccccc45)CC3)c3ccccc32)C=C(F)C=CC1. The van der Waals surface area contributed by atoms with Crippen molar-refractivity contribution in [1.29, 1.82) is 0 Å². The number of nitrogens with zero attached hydrogens (tertiary/aromatic N) is 4. The summed E-state index contributed by atoms with van der Waals surface area (Å²) < 4.78 is 47.1. The number of aromatic nitrogens is 2. The van der Waals surface area contributed by atoms with Gasteiger partial charge in [0.25, 0.3) is 0 Å². The third-order valence-electron chi connectivity index (χ3n) is 7.98. The van der Waals surface area contributed by atoms with Crippen LogP contribution in [0.5, 0.6) is 0 Å². The van der Waals surface area contributed by atoms with Gasteiger partial charge in [-0.15, -0.1) is 0 Å². The molecule has 1 unspecified atom stereocenters. The zero-order valence-electron chi connectivity index (χ0n) is 22.3. The van der Waals surface area contributed by atoms with E-state index in [2.05, 4.69) is 26.3 Å². The number of Topliss-reactive ketones (excluding diaryl/α,β-unsaturated/α-hetero) is 1. The molecule has 1 saturated heterocycles. The molecule has 0 saturated carbocycles. The third-order valence-corrected chi connectivity index (χ3v) is 11.1. The predicted molar refractivity (Wildman–Crippen MR) is 159 cm³/mol. The maximum atomic E-state index is 14.1. The van der Waals surface area contributed by atoms with Crippen molar-refractivity contribution in [3.8, 4) is 0 Å². The Morgan fingerprint density at radius 1 is 1.05 bits per heavy atom. The van der Waals surface area contributed by atoms with Crippen LogP contribution in [-0.4, -0.2) is 64.9 Å². The number of fused-ring (bicyclic) bond motifs is 2. The second-order valence-electron chi connectivity index (χ2n) is 10.7. The van der Waals surface area contributed by atoms with Crippen LogP contribution in [0.25, 0.3) is 21.0 Å². The van der Waals surface area contributed by atoms with E-state index in [1.165, 1.54) is 50.9 Å². The fourth-order valence-electron chi connectivity index (χ4n) is 5.66. The lowest BCUT2D eigenvalue weighted by Gasteiger charge is -2.35. The Morgan fingerprint density at radius 3 is 2.55 bits per heavy atom. The molecule has 1 fully saturated rings. The van der Waals surface area contributed by atoms with Gasteiger partial charge in [0.1, 0.15) is 16.4 Å². The van der Waals surface area contributed by atoms with Crippen LogP contribution in [0.1, 0.15) is 36.5 Å². The quantitative estimate of drug-likeness (QED) is 0.247. The number of hydrogen-bond donors (Lipinski definition) is 0. The number of rotatable bonds is 8. The molecule has 2 aromatic heterocycles. The highest BCUT2D eigenvalue weighted by Gasteiger charge is 2.40. The lowest BCUT2D eigenvalue weighted by atomic mass is 10.0. The Kier molecular flexibility index (Phi) is 7.10. The molecule has 1 aliphatic heterocycles. The third kappa shape index (κ3) is 4.78. The first-order chi connectivity index (χ1) is 19.3. The maximum absolute atomic E-state index is 14.1. The van der Waals surface area contributed by atoms with Crippen LogP contribution in [0.3, 0.4) is 0 Å². The number of allylic oxidation sites excluding steroid dienone is 3. The monoisotopic (exact) mass is 578 g/mol. The number of carbonyl (C=O) groups is 1. The van der Waals surface area contributed by atoms with E-state index in [0.29, 0.717) is 29.3 Å². The number of hydrogen-bond acceptors (Lipinski definition) is 7. The molecule has 6 rings (SSSR count). The number of piperazine rings is 1. The average Bonchev–Trinajstić information content (AvgIpc) is 3.56. The lowest BCUT2D eigenvalue weighted by Crippen LogP contribution is -2.46. The van der Waals surface area contributed by atoms with Crippen molar-refractivity contribution < 1.29 is 17.6 Å². The molecule has 1 aliphatic carbocycles. The standard InChI is InChI=1S/C30H31FN4O3S2/c1-30(14-6-8-22(31)20-30)40(37,38)35-21-25(23-9-2-4-11-26(23)35)27(36)12-7-15-33-16-18-34(19-17-33)29-24-10-3-5-13-28(24)39-32-29/h2-6,8-11,13,20-21H,7,12,14-19H2,1H3. The smallest absolute Gasteiger partial charge is 0.248 e. The summed E-state index contributed by atoms with van der Waals surface area (Å²) in [6.07, 6.45) is 6.54. The Balaban J connectivity index is 1.12. The molecular weight excluding hydrogens is 547 g/mol. The van der Waals surface area contributed by atoms with Crippen LogP contribution in [-0.2, 0) is 10.0 Å². The van der Waals surface area contributed by atoms with Crippen molar-refractivity contribution in [2.24, 2.45) is 0 Å². The largest absolute Gasteiger partial charge is 0.353 e. The molecule has 2 aliphatic rings. The Bertz CT molecular complexity index is 1750. The molecule has 0 spiro atoms. The molecule has 7 nitrogen and oxygen atoms in total. The predicted octanol–water partition coefficient (Wildman–Crippen LogP) is 5.79. The van der Waals surface area contributed by atoms with Gasteiger partial charge in [-0.1, -0.05) is 36.4 Å². The first-order valence-corrected chi connectivity index (χ1v) is 15.7. The van der Waals surface area contributed by atoms with Gasteiger partial charge in [-0.25, -0.2) is 16.8 Å². The van der Waals surface area contributed by atoms with Crippen molar-refractivity contribution in [2.45, 2.75) is 30.9 Å². The minimum atomic E-state index is -4.03. The first kappa shape index (κ1) is 26.9. The highest BCUT2D eigenvalue weighted by molar-refractivity contribution is 7.91. The molecule has 0 radical (unpaired) electrons. The minimum Gasteiger partial charge on any atom is -0.353 e. The van der Waals surface area contributed by atoms with E-state index in [1.807, 2.05) is 12.1 Å². The molecule has 3 heterocycles. The highest BCUT2D eigenvalue weighted by atomic mass is 32.2. The maximum Gasteiger partial charge on any atom is 0.248 e. The van der Waals surface area contributed by atoms with Crippen molar-refractivity contribution in [1.82, 2.24) is 13.2 Å². The summed E-state index contributed by atoms with van der Waals surface area (Å²) in [5, 5.41) is 1.79. The molecule has 0 amide bonds. The number of para-hydroxylation sites is 1. The first-order valence-electron chi connectivity index (χ1n) is 13.5. The summed E-state index contributed by atoms with van der Waals surface area (Å²) >= 11 is 1.53. The van der Waals surface area contributed by atoms with Crippen LogP contribution < -0.4 is 4.90 Å². The number of anilines is 1. The zero-order valence-corrected chi connectivity index (χ0v) is 23.9. The van der Waals surface area contributed by atoms with Gasteiger partial charge in [-0.05, 0) is 68.2 Å². The number of benzene rings is 2. The molecule has 40 heavy (non-hydrogen) atoms. The second-order valence-corrected chi connectivity index (χ2v) is 13.7. The van der Waals surface area contributed by atoms with Gasteiger partial charge < -0.3 is 4.90 Å². The number of halogens is 1. The molecule has 1 atom stereocenters. The average molecular weight is 579 g/mol. The van der Waals surface area contributed by atoms with Gasteiger partial charge in [0, 0.05) is 55.1 Å². The summed E-state index contributed by atoms with van der Waals surface area (Å²) in [6.45, 7) is 5.87. The molecule has 4 aromatic rings. The fraction of sp³-hybridized carbons (Fsp3) is 0.333. The molecular formula is C30H31FN4O3S2. The van der Waals surface area contributed by atoms with Crippen molar-refractivity contribution in [3.63, 3.8) is 0 Å². The second kappa shape index (κ2) is 10.6. The van der Waals surface area contributed by atoms with Crippen LogP contribution >= 0.6 is 11.5 Å². The molecule has 0 bridgehead atoms. The van der Waals surface area contributed by atoms with Gasteiger partial charge in [-0.2, -0.15) is 4.37 Å². The van der Waals surface area contributed by atoms with Crippen LogP contribution in [0, 0.1) is 0 Å². The number of ketones is 1. The summed E-state index contributed by atoms with van der Waals surface area (Å²) in [7, 11) is -4.03.